The Bertz CT molecular complexity index is 466. The van der Waals surface area contributed by atoms with Crippen LogP contribution in [0.5, 0.6) is 0 Å². The van der Waals surface area contributed by atoms with Gasteiger partial charge in [0.25, 0.3) is 0 Å². The summed E-state index contributed by atoms with van der Waals surface area (Å²) in [6.07, 6.45) is 4.50. The summed E-state index contributed by atoms with van der Waals surface area (Å²) < 4.78 is 1.11. The summed E-state index contributed by atoms with van der Waals surface area (Å²) in [4.78, 5) is 7.64. The van der Waals surface area contributed by atoms with Crippen molar-refractivity contribution in [1.29, 1.82) is 0 Å². The maximum atomic E-state index is 4.24. The minimum absolute atomic E-state index is 0.288. The zero-order chi connectivity index (χ0) is 11.5. The predicted octanol–water partition coefficient (Wildman–Crippen LogP) is 4.16. The summed E-state index contributed by atoms with van der Waals surface area (Å²) in [5.41, 5.74) is 2.59. The highest BCUT2D eigenvalue weighted by molar-refractivity contribution is 9.10. The molecule has 0 aliphatic rings. The third-order valence-electron chi connectivity index (χ3n) is 2.51. The second-order valence-electron chi connectivity index (χ2n) is 3.71. The number of aromatic amines is 1. The van der Waals surface area contributed by atoms with Crippen molar-refractivity contribution in [2.24, 2.45) is 0 Å². The third-order valence-corrected chi connectivity index (χ3v) is 3.82. The summed E-state index contributed by atoms with van der Waals surface area (Å²) in [6.45, 7) is 2.12. The highest BCUT2D eigenvalue weighted by atomic mass is 79.9. The molecule has 2 aromatic rings. The fourth-order valence-electron chi connectivity index (χ4n) is 1.64. The van der Waals surface area contributed by atoms with Gasteiger partial charge in [-0.3, -0.25) is 0 Å². The van der Waals surface area contributed by atoms with Gasteiger partial charge in [-0.1, -0.05) is 37.9 Å². The Morgan fingerprint density at radius 2 is 2.25 bits per heavy atom. The lowest BCUT2D eigenvalue weighted by molar-refractivity contribution is 0.870. The van der Waals surface area contributed by atoms with E-state index in [9.17, 15) is 0 Å². The Morgan fingerprint density at radius 1 is 1.44 bits per heavy atom. The number of hydrogen-bond donors (Lipinski definition) is 1. The molecule has 84 valence electrons. The van der Waals surface area contributed by atoms with Gasteiger partial charge in [-0.15, -0.1) is 0 Å². The van der Waals surface area contributed by atoms with E-state index in [1.54, 1.807) is 6.20 Å². The van der Waals surface area contributed by atoms with Gasteiger partial charge in [-0.05, 0) is 30.2 Å². The molecular weight excluding hydrogens is 332 g/mol. The minimum atomic E-state index is 0.288. The molecule has 0 bridgehead atoms. The Labute approximate surface area is 112 Å². The smallest absolute Gasteiger partial charge is 0.107 e. The van der Waals surface area contributed by atoms with Crippen LogP contribution < -0.4 is 0 Å². The average Bonchev–Trinajstić information content (AvgIpc) is 2.74. The molecule has 0 amide bonds. The Morgan fingerprint density at radius 3 is 2.94 bits per heavy atom. The largest absolute Gasteiger partial charge is 0.349 e. The number of imidazole rings is 1. The number of halogens is 2. The molecule has 0 saturated carbocycles. The number of rotatable bonds is 3. The van der Waals surface area contributed by atoms with E-state index in [1.807, 2.05) is 6.20 Å². The highest BCUT2D eigenvalue weighted by Gasteiger charge is 2.12. The zero-order valence-electron chi connectivity index (χ0n) is 8.87. The fraction of sp³-hybridized carbons (Fsp3) is 0.250. The second kappa shape index (κ2) is 5.15. The van der Waals surface area contributed by atoms with Crippen molar-refractivity contribution in [3.63, 3.8) is 0 Å². The number of benzene rings is 1. The average molecular weight is 344 g/mol. The second-order valence-corrected chi connectivity index (χ2v) is 5.73. The van der Waals surface area contributed by atoms with Gasteiger partial charge in [-0.2, -0.15) is 0 Å². The van der Waals surface area contributed by atoms with E-state index in [2.05, 4.69) is 67.0 Å². The van der Waals surface area contributed by atoms with E-state index in [0.29, 0.717) is 0 Å². The van der Waals surface area contributed by atoms with Crippen LogP contribution in [0.25, 0.3) is 0 Å². The van der Waals surface area contributed by atoms with Crippen molar-refractivity contribution in [2.45, 2.75) is 18.2 Å². The van der Waals surface area contributed by atoms with E-state index in [0.717, 1.165) is 16.7 Å². The summed E-state index contributed by atoms with van der Waals surface area (Å²) in [6, 6.07) is 6.33. The number of aryl methyl sites for hydroxylation is 1. The molecule has 0 fully saturated rings. The number of nitrogens with one attached hydrogen (secondary N) is 1. The maximum absolute atomic E-state index is 4.24. The van der Waals surface area contributed by atoms with Crippen LogP contribution in [-0.2, 0) is 6.42 Å². The highest BCUT2D eigenvalue weighted by Crippen LogP contribution is 2.30. The summed E-state index contributed by atoms with van der Waals surface area (Å²) in [5, 5.41) is 0. The van der Waals surface area contributed by atoms with Gasteiger partial charge in [0.05, 0.1) is 0 Å². The van der Waals surface area contributed by atoms with Crippen molar-refractivity contribution in [3.8, 4) is 0 Å². The first-order chi connectivity index (χ1) is 7.66. The molecule has 1 unspecified atom stereocenters. The Kier molecular flexibility index (Phi) is 3.82. The number of aromatic nitrogens is 2. The molecule has 1 aromatic carbocycles. The quantitative estimate of drug-likeness (QED) is 0.833. The molecule has 1 aromatic heterocycles. The molecule has 1 N–H and O–H groups in total. The van der Waals surface area contributed by atoms with Gasteiger partial charge < -0.3 is 4.98 Å². The number of hydrogen-bond acceptors (Lipinski definition) is 1. The number of H-pyrrole nitrogens is 1. The van der Waals surface area contributed by atoms with E-state index in [1.165, 1.54) is 11.1 Å². The lowest BCUT2D eigenvalue weighted by Crippen LogP contribution is -1.99. The maximum Gasteiger partial charge on any atom is 0.107 e. The molecule has 0 spiro atoms. The molecule has 0 radical (unpaired) electrons. The van der Waals surface area contributed by atoms with Gasteiger partial charge in [-0.25, -0.2) is 4.98 Å². The summed E-state index contributed by atoms with van der Waals surface area (Å²) in [7, 11) is 0. The van der Waals surface area contributed by atoms with Gasteiger partial charge in [0.1, 0.15) is 5.82 Å². The summed E-state index contributed by atoms with van der Waals surface area (Å²) >= 11 is 7.21. The van der Waals surface area contributed by atoms with Gasteiger partial charge in [0.15, 0.2) is 0 Å². The minimum Gasteiger partial charge on any atom is -0.349 e. The van der Waals surface area contributed by atoms with E-state index in [-0.39, 0.29) is 4.83 Å². The lowest BCUT2D eigenvalue weighted by Gasteiger charge is -2.12. The van der Waals surface area contributed by atoms with Crippen molar-refractivity contribution in [1.82, 2.24) is 9.97 Å². The van der Waals surface area contributed by atoms with E-state index >= 15 is 0 Å². The van der Waals surface area contributed by atoms with Gasteiger partial charge in [0, 0.05) is 28.1 Å². The number of alkyl halides is 1. The van der Waals surface area contributed by atoms with Crippen molar-refractivity contribution < 1.29 is 0 Å². The third kappa shape index (κ3) is 2.74. The van der Waals surface area contributed by atoms with E-state index < -0.39 is 0 Å². The van der Waals surface area contributed by atoms with Gasteiger partial charge in [0.2, 0.25) is 0 Å². The topological polar surface area (TPSA) is 28.7 Å². The van der Waals surface area contributed by atoms with Crippen LogP contribution in [0.15, 0.2) is 35.1 Å². The molecule has 16 heavy (non-hydrogen) atoms. The molecular formula is C12H12Br2N2. The zero-order valence-corrected chi connectivity index (χ0v) is 12.0. The van der Waals surface area contributed by atoms with Crippen LogP contribution in [0.4, 0.5) is 0 Å². The molecule has 0 aliphatic carbocycles. The molecule has 2 nitrogen and oxygen atoms in total. The fourth-order valence-corrected chi connectivity index (χ4v) is 2.82. The molecule has 1 atom stereocenters. The standard InChI is InChI=1S/C12H12Br2N2/c1-8-2-3-9(13)6-10(8)11(14)7-12-15-4-5-16-12/h2-6,11H,7H2,1H3,(H,15,16). The Hall–Kier alpha value is -0.610. The molecule has 0 aliphatic heterocycles. The first-order valence-electron chi connectivity index (χ1n) is 5.05. The molecule has 1 heterocycles. The van der Waals surface area contributed by atoms with Crippen LogP contribution >= 0.6 is 31.9 Å². The van der Waals surface area contributed by atoms with Crippen molar-refractivity contribution in [3.05, 3.63) is 52.0 Å². The first kappa shape index (κ1) is 11.9. The SMILES string of the molecule is Cc1ccc(Br)cc1C(Br)Cc1ncc[nH]1. The molecule has 2 rings (SSSR count). The molecule has 4 heteroatoms. The predicted molar refractivity (Wildman–Crippen MR) is 72.8 cm³/mol. The summed E-state index contributed by atoms with van der Waals surface area (Å²) in [5.74, 6) is 1.00. The van der Waals surface area contributed by atoms with E-state index in [4.69, 9.17) is 0 Å². The van der Waals surface area contributed by atoms with Crippen LogP contribution in [0.3, 0.4) is 0 Å². The van der Waals surface area contributed by atoms with Crippen molar-refractivity contribution in [2.75, 3.05) is 0 Å². The van der Waals surface area contributed by atoms with Crippen LogP contribution in [-0.4, -0.2) is 9.97 Å². The van der Waals surface area contributed by atoms with Gasteiger partial charge >= 0.3 is 0 Å². The number of nitrogens with zero attached hydrogens (tertiary/aromatic N) is 1. The van der Waals surface area contributed by atoms with Crippen molar-refractivity contribution >= 4 is 31.9 Å². The van der Waals surface area contributed by atoms with Crippen LogP contribution in [0.2, 0.25) is 0 Å². The molecule has 0 saturated heterocycles. The van der Waals surface area contributed by atoms with Crippen LogP contribution in [0.1, 0.15) is 21.8 Å². The first-order valence-corrected chi connectivity index (χ1v) is 6.76. The lowest BCUT2D eigenvalue weighted by atomic mass is 10.0. The monoisotopic (exact) mass is 342 g/mol. The Balaban J connectivity index is 2.20. The normalized spacial score (nSPS) is 12.7. The van der Waals surface area contributed by atoms with Crippen LogP contribution in [0, 0.1) is 6.92 Å².